The third-order valence-corrected chi connectivity index (χ3v) is 4.54. The molecule has 0 spiro atoms. The van der Waals surface area contributed by atoms with Crippen LogP contribution in [0.5, 0.6) is 0 Å². The van der Waals surface area contributed by atoms with Gasteiger partial charge >= 0.3 is 0 Å². The van der Waals surface area contributed by atoms with Crippen molar-refractivity contribution in [3.05, 3.63) is 63.7 Å². The summed E-state index contributed by atoms with van der Waals surface area (Å²) in [5.74, 6) is 0.955. The van der Waals surface area contributed by atoms with E-state index in [0.29, 0.717) is 0 Å². The Morgan fingerprint density at radius 3 is 2.30 bits per heavy atom. The molecule has 0 saturated carbocycles. The van der Waals surface area contributed by atoms with Crippen LogP contribution in [0.15, 0.2) is 41.3 Å². The van der Waals surface area contributed by atoms with Crippen LogP contribution in [0.4, 0.5) is 0 Å². The molecule has 1 unspecified atom stereocenters. The Morgan fingerprint density at radius 1 is 1.10 bits per heavy atom. The van der Waals surface area contributed by atoms with Crippen LogP contribution < -0.4 is 5.73 Å². The van der Waals surface area contributed by atoms with E-state index in [-0.39, 0.29) is 6.04 Å². The van der Waals surface area contributed by atoms with E-state index < -0.39 is 0 Å². The molecule has 20 heavy (non-hydrogen) atoms. The molecule has 1 nitrogen and oxygen atoms in total. The minimum absolute atomic E-state index is 0.0269. The minimum atomic E-state index is -0.0269. The fourth-order valence-electron chi connectivity index (χ4n) is 2.29. The monoisotopic (exact) mass is 305 g/mol. The number of nitrogens with two attached hydrogens (primary N) is 1. The predicted molar refractivity (Wildman–Crippen MR) is 89.5 cm³/mol. The van der Waals surface area contributed by atoms with E-state index >= 15 is 0 Å². The van der Waals surface area contributed by atoms with Gasteiger partial charge < -0.3 is 5.73 Å². The van der Waals surface area contributed by atoms with E-state index in [9.17, 15) is 0 Å². The van der Waals surface area contributed by atoms with Gasteiger partial charge in [-0.25, -0.2) is 0 Å². The molecule has 0 fully saturated rings. The van der Waals surface area contributed by atoms with Gasteiger partial charge in [0.25, 0.3) is 0 Å². The zero-order chi connectivity index (χ0) is 14.7. The van der Waals surface area contributed by atoms with Gasteiger partial charge in [0, 0.05) is 21.7 Å². The molecule has 0 radical (unpaired) electrons. The summed E-state index contributed by atoms with van der Waals surface area (Å²) in [6, 6.07) is 12.8. The van der Waals surface area contributed by atoms with Crippen LogP contribution in [0.3, 0.4) is 0 Å². The Balaban J connectivity index is 2.09. The molecule has 0 saturated heterocycles. The molecule has 1 atom stereocenters. The zero-order valence-corrected chi connectivity index (χ0v) is 13.7. The molecule has 0 aromatic heterocycles. The molecule has 0 aliphatic rings. The first-order valence-electron chi connectivity index (χ1n) is 6.70. The van der Waals surface area contributed by atoms with E-state index in [0.717, 1.165) is 16.3 Å². The average molecular weight is 306 g/mol. The summed E-state index contributed by atoms with van der Waals surface area (Å²) < 4.78 is 0. The van der Waals surface area contributed by atoms with Crippen molar-refractivity contribution in [1.82, 2.24) is 0 Å². The lowest BCUT2D eigenvalue weighted by molar-refractivity contribution is 0.817. The quantitative estimate of drug-likeness (QED) is 0.779. The third kappa shape index (κ3) is 4.02. The fourth-order valence-corrected chi connectivity index (χ4v) is 3.57. The molecule has 0 aliphatic heterocycles. The number of thioether (sulfide) groups is 1. The minimum Gasteiger partial charge on any atom is -0.324 e. The van der Waals surface area contributed by atoms with Crippen molar-refractivity contribution in [2.75, 3.05) is 0 Å². The lowest BCUT2D eigenvalue weighted by Gasteiger charge is -2.10. The molecule has 2 aromatic rings. The molecule has 0 bridgehead atoms. The molecular weight excluding hydrogens is 286 g/mol. The van der Waals surface area contributed by atoms with Crippen LogP contribution in [-0.2, 0) is 5.75 Å². The summed E-state index contributed by atoms with van der Waals surface area (Å²) in [6.45, 7) is 6.22. The van der Waals surface area contributed by atoms with Gasteiger partial charge in [-0.1, -0.05) is 47.0 Å². The highest BCUT2D eigenvalue weighted by Gasteiger charge is 2.06. The standard InChI is InChI=1S/C17H20ClNS/c1-11-6-12(2)8-14(7-11)10-20-15-4-5-16(13(3)19)17(18)9-15/h4-9,13H,10,19H2,1-3H3. The van der Waals surface area contributed by atoms with Crippen molar-refractivity contribution < 1.29 is 0 Å². The van der Waals surface area contributed by atoms with Crippen LogP contribution in [0.25, 0.3) is 0 Å². The van der Waals surface area contributed by atoms with E-state index in [1.54, 1.807) is 11.8 Å². The first-order valence-corrected chi connectivity index (χ1v) is 8.07. The number of halogens is 1. The number of hydrogen-bond donors (Lipinski definition) is 1. The molecule has 106 valence electrons. The predicted octanol–water partition coefficient (Wildman–Crippen LogP) is 5.27. The normalized spacial score (nSPS) is 12.4. The molecule has 3 heteroatoms. The van der Waals surface area contributed by atoms with Gasteiger partial charge in [-0.2, -0.15) is 0 Å². The maximum absolute atomic E-state index is 6.26. The van der Waals surface area contributed by atoms with Crippen LogP contribution in [0.1, 0.15) is 35.2 Å². The van der Waals surface area contributed by atoms with Gasteiger partial charge in [0.1, 0.15) is 0 Å². The summed E-state index contributed by atoms with van der Waals surface area (Å²) in [5.41, 5.74) is 10.8. The van der Waals surface area contributed by atoms with Gasteiger partial charge in [-0.05, 0) is 44.0 Å². The Hall–Kier alpha value is -0.960. The molecule has 2 N–H and O–H groups in total. The van der Waals surface area contributed by atoms with Gasteiger partial charge in [-0.3, -0.25) is 0 Å². The topological polar surface area (TPSA) is 26.0 Å². The molecule has 0 heterocycles. The number of rotatable bonds is 4. The van der Waals surface area contributed by atoms with E-state index in [4.69, 9.17) is 17.3 Å². The number of benzene rings is 2. The molecular formula is C17H20ClNS. The summed E-state index contributed by atoms with van der Waals surface area (Å²) >= 11 is 8.06. The fraction of sp³-hybridized carbons (Fsp3) is 0.294. The highest BCUT2D eigenvalue weighted by atomic mass is 35.5. The number of aryl methyl sites for hydroxylation is 2. The maximum Gasteiger partial charge on any atom is 0.0464 e. The van der Waals surface area contributed by atoms with Gasteiger partial charge in [-0.15, -0.1) is 11.8 Å². The highest BCUT2D eigenvalue weighted by Crippen LogP contribution is 2.30. The van der Waals surface area contributed by atoms with Crippen molar-refractivity contribution in [2.24, 2.45) is 5.73 Å². The lowest BCUT2D eigenvalue weighted by Crippen LogP contribution is -2.05. The van der Waals surface area contributed by atoms with Crippen molar-refractivity contribution in [3.8, 4) is 0 Å². The highest BCUT2D eigenvalue weighted by molar-refractivity contribution is 7.98. The third-order valence-electron chi connectivity index (χ3n) is 3.15. The van der Waals surface area contributed by atoms with Crippen LogP contribution in [-0.4, -0.2) is 0 Å². The first kappa shape index (κ1) is 15.4. The van der Waals surface area contributed by atoms with Gasteiger partial charge in [0.2, 0.25) is 0 Å². The summed E-state index contributed by atoms with van der Waals surface area (Å²) in [4.78, 5) is 1.18. The van der Waals surface area contributed by atoms with Crippen LogP contribution in [0.2, 0.25) is 5.02 Å². The van der Waals surface area contributed by atoms with Crippen molar-refractivity contribution in [3.63, 3.8) is 0 Å². The molecule has 2 rings (SSSR count). The smallest absolute Gasteiger partial charge is 0.0464 e. The van der Waals surface area contributed by atoms with Crippen LogP contribution >= 0.6 is 23.4 Å². The second-order valence-electron chi connectivity index (χ2n) is 5.26. The SMILES string of the molecule is Cc1cc(C)cc(CSc2ccc(C(C)N)c(Cl)c2)c1. The maximum atomic E-state index is 6.26. The van der Waals surface area contributed by atoms with Crippen molar-refractivity contribution in [1.29, 1.82) is 0 Å². The molecule has 0 amide bonds. The van der Waals surface area contributed by atoms with Gasteiger partial charge in [0.05, 0.1) is 0 Å². The van der Waals surface area contributed by atoms with Crippen LogP contribution in [0, 0.1) is 13.8 Å². The largest absolute Gasteiger partial charge is 0.324 e. The van der Waals surface area contributed by atoms with E-state index in [2.05, 4.69) is 38.1 Å². The number of hydrogen-bond acceptors (Lipinski definition) is 2. The van der Waals surface area contributed by atoms with E-state index in [1.165, 1.54) is 21.6 Å². The Kier molecular flexibility index (Phi) is 5.14. The summed E-state index contributed by atoms with van der Waals surface area (Å²) in [6.07, 6.45) is 0. The van der Waals surface area contributed by atoms with E-state index in [1.807, 2.05) is 19.1 Å². The summed E-state index contributed by atoms with van der Waals surface area (Å²) in [7, 11) is 0. The Morgan fingerprint density at radius 2 is 1.75 bits per heavy atom. The second kappa shape index (κ2) is 6.66. The summed E-state index contributed by atoms with van der Waals surface area (Å²) in [5, 5.41) is 0.755. The molecule has 0 aliphatic carbocycles. The average Bonchev–Trinajstić information content (AvgIpc) is 2.35. The molecule has 2 aromatic carbocycles. The first-order chi connectivity index (χ1) is 9.45. The second-order valence-corrected chi connectivity index (χ2v) is 6.71. The zero-order valence-electron chi connectivity index (χ0n) is 12.1. The van der Waals surface area contributed by atoms with Gasteiger partial charge in [0.15, 0.2) is 0 Å². The lowest BCUT2D eigenvalue weighted by atomic mass is 10.1. The van der Waals surface area contributed by atoms with Crippen molar-refractivity contribution in [2.45, 2.75) is 37.5 Å². The van der Waals surface area contributed by atoms with Crippen molar-refractivity contribution >= 4 is 23.4 Å². The Bertz CT molecular complexity index is 588. The Labute approximate surface area is 130 Å².